The predicted molar refractivity (Wildman–Crippen MR) is 76.9 cm³/mol. The van der Waals surface area contributed by atoms with Crippen molar-refractivity contribution in [1.82, 2.24) is 0 Å². The number of non-ortho nitro benzene ring substituents is 1. The zero-order valence-electron chi connectivity index (χ0n) is 10.9. The molecule has 1 aliphatic rings. The van der Waals surface area contributed by atoms with Gasteiger partial charge in [-0.15, -0.1) is 0 Å². The Morgan fingerprint density at radius 2 is 1.81 bits per heavy atom. The molecular formula is C16H11NO4. The molecule has 0 fully saturated rings. The Morgan fingerprint density at radius 3 is 2.48 bits per heavy atom. The van der Waals surface area contributed by atoms with E-state index >= 15 is 0 Å². The van der Waals surface area contributed by atoms with Crippen molar-refractivity contribution < 1.29 is 14.5 Å². The SMILES string of the molecule is O=CC1=Cc2ccccc2OC1c1ccc([N+](=O)[O-])cc1. The van der Waals surface area contributed by atoms with Gasteiger partial charge in [-0.25, -0.2) is 0 Å². The molecule has 3 rings (SSSR count). The van der Waals surface area contributed by atoms with Crippen LogP contribution in [0.5, 0.6) is 5.75 Å². The second kappa shape index (κ2) is 5.20. The summed E-state index contributed by atoms with van der Waals surface area (Å²) in [6.07, 6.45) is 1.98. The molecule has 1 heterocycles. The van der Waals surface area contributed by atoms with Gasteiger partial charge in [0, 0.05) is 23.3 Å². The summed E-state index contributed by atoms with van der Waals surface area (Å²) in [5, 5.41) is 10.7. The molecule has 0 saturated heterocycles. The number of rotatable bonds is 3. The van der Waals surface area contributed by atoms with Crippen LogP contribution in [0.25, 0.3) is 6.08 Å². The fourth-order valence-corrected chi connectivity index (χ4v) is 2.28. The maximum absolute atomic E-state index is 11.3. The average Bonchev–Trinajstić information content (AvgIpc) is 2.53. The van der Waals surface area contributed by atoms with Gasteiger partial charge in [0.2, 0.25) is 0 Å². The number of hydrogen-bond donors (Lipinski definition) is 0. The molecule has 1 atom stereocenters. The Kier molecular flexibility index (Phi) is 3.23. The number of nitro groups is 1. The first-order chi connectivity index (χ1) is 10.2. The van der Waals surface area contributed by atoms with Gasteiger partial charge in [0.15, 0.2) is 6.10 Å². The standard InChI is InChI=1S/C16H11NO4/c18-10-13-9-12-3-1-2-4-15(12)21-16(13)11-5-7-14(8-6-11)17(19)20/h1-10,16H. The van der Waals surface area contributed by atoms with Gasteiger partial charge < -0.3 is 4.74 Å². The number of nitrogens with zero attached hydrogens (tertiary/aromatic N) is 1. The van der Waals surface area contributed by atoms with Gasteiger partial charge in [-0.05, 0) is 29.8 Å². The summed E-state index contributed by atoms with van der Waals surface area (Å²) in [5.74, 6) is 0.687. The number of fused-ring (bicyclic) bond motifs is 1. The fourth-order valence-electron chi connectivity index (χ4n) is 2.28. The number of carbonyl (C=O) groups excluding carboxylic acids is 1. The molecule has 0 amide bonds. The molecule has 0 saturated carbocycles. The summed E-state index contributed by atoms with van der Waals surface area (Å²) in [6.45, 7) is 0. The van der Waals surface area contributed by atoms with Crippen LogP contribution in [0, 0.1) is 10.1 Å². The van der Waals surface area contributed by atoms with Gasteiger partial charge >= 0.3 is 0 Å². The van der Waals surface area contributed by atoms with E-state index in [0.29, 0.717) is 16.9 Å². The molecule has 2 aromatic rings. The predicted octanol–water partition coefficient (Wildman–Crippen LogP) is 3.31. The van der Waals surface area contributed by atoms with Crippen LogP contribution in [-0.2, 0) is 4.79 Å². The summed E-state index contributed by atoms with van der Waals surface area (Å²) in [7, 11) is 0. The summed E-state index contributed by atoms with van der Waals surface area (Å²) in [5.41, 5.74) is 2.04. The van der Waals surface area contributed by atoms with Gasteiger partial charge in [0.1, 0.15) is 12.0 Å². The average molecular weight is 281 g/mol. The first-order valence-corrected chi connectivity index (χ1v) is 6.36. The Hall–Kier alpha value is -2.95. The second-order valence-corrected chi connectivity index (χ2v) is 4.65. The minimum Gasteiger partial charge on any atom is -0.480 e. The van der Waals surface area contributed by atoms with Crippen molar-refractivity contribution in [3.05, 3.63) is 75.3 Å². The quantitative estimate of drug-likeness (QED) is 0.491. The van der Waals surface area contributed by atoms with Crippen molar-refractivity contribution in [2.45, 2.75) is 6.10 Å². The van der Waals surface area contributed by atoms with E-state index in [9.17, 15) is 14.9 Å². The Labute approximate surface area is 120 Å². The highest BCUT2D eigenvalue weighted by Crippen LogP contribution is 2.36. The van der Waals surface area contributed by atoms with Gasteiger partial charge in [0.05, 0.1) is 4.92 Å². The van der Waals surface area contributed by atoms with Crippen LogP contribution in [0.15, 0.2) is 54.1 Å². The molecular weight excluding hydrogens is 270 g/mol. The highest BCUT2D eigenvalue weighted by atomic mass is 16.6. The zero-order chi connectivity index (χ0) is 14.8. The minimum atomic E-state index is -0.543. The van der Waals surface area contributed by atoms with E-state index in [4.69, 9.17) is 4.74 Å². The van der Waals surface area contributed by atoms with E-state index < -0.39 is 11.0 Å². The number of ether oxygens (including phenoxy) is 1. The van der Waals surface area contributed by atoms with Gasteiger partial charge in [0.25, 0.3) is 5.69 Å². The molecule has 104 valence electrons. The Bertz CT molecular complexity index is 734. The molecule has 0 aliphatic carbocycles. The van der Waals surface area contributed by atoms with Crippen molar-refractivity contribution in [2.75, 3.05) is 0 Å². The van der Waals surface area contributed by atoms with E-state index in [1.54, 1.807) is 18.2 Å². The second-order valence-electron chi connectivity index (χ2n) is 4.65. The van der Waals surface area contributed by atoms with Crippen molar-refractivity contribution in [2.24, 2.45) is 0 Å². The summed E-state index contributed by atoms with van der Waals surface area (Å²) < 4.78 is 5.85. The van der Waals surface area contributed by atoms with Crippen LogP contribution in [0.3, 0.4) is 0 Å². The Balaban J connectivity index is 1.99. The minimum absolute atomic E-state index is 0.00610. The normalized spacial score (nSPS) is 16.4. The summed E-state index contributed by atoms with van der Waals surface area (Å²) in [4.78, 5) is 21.5. The van der Waals surface area contributed by atoms with Crippen LogP contribution < -0.4 is 4.74 Å². The number of carbonyl (C=O) groups is 1. The number of benzene rings is 2. The monoisotopic (exact) mass is 281 g/mol. The van der Waals surface area contributed by atoms with Crippen LogP contribution >= 0.6 is 0 Å². The molecule has 1 aliphatic heterocycles. The smallest absolute Gasteiger partial charge is 0.269 e. The van der Waals surface area contributed by atoms with Crippen LogP contribution in [0.1, 0.15) is 17.2 Å². The van der Waals surface area contributed by atoms with E-state index in [0.717, 1.165) is 11.8 Å². The highest BCUT2D eigenvalue weighted by Gasteiger charge is 2.24. The van der Waals surface area contributed by atoms with Crippen molar-refractivity contribution in [1.29, 1.82) is 0 Å². The molecule has 0 radical (unpaired) electrons. The molecule has 5 heteroatoms. The van der Waals surface area contributed by atoms with E-state index in [1.165, 1.54) is 12.1 Å². The third kappa shape index (κ3) is 2.41. The number of para-hydroxylation sites is 1. The third-order valence-corrected chi connectivity index (χ3v) is 3.33. The number of hydrogen-bond acceptors (Lipinski definition) is 4. The lowest BCUT2D eigenvalue weighted by molar-refractivity contribution is -0.384. The number of aldehydes is 1. The van der Waals surface area contributed by atoms with Gasteiger partial charge in [-0.3, -0.25) is 14.9 Å². The van der Waals surface area contributed by atoms with Crippen molar-refractivity contribution in [3.8, 4) is 5.75 Å². The fraction of sp³-hybridized carbons (Fsp3) is 0.0625. The largest absolute Gasteiger partial charge is 0.480 e. The lowest BCUT2D eigenvalue weighted by Crippen LogP contribution is -2.15. The maximum atomic E-state index is 11.3. The first-order valence-electron chi connectivity index (χ1n) is 6.36. The zero-order valence-corrected chi connectivity index (χ0v) is 10.9. The van der Waals surface area contributed by atoms with Crippen molar-refractivity contribution >= 4 is 18.0 Å². The molecule has 2 aromatic carbocycles. The third-order valence-electron chi connectivity index (χ3n) is 3.33. The van der Waals surface area contributed by atoms with E-state index in [-0.39, 0.29) is 5.69 Å². The molecule has 0 aromatic heterocycles. The van der Waals surface area contributed by atoms with Crippen LogP contribution in [0.2, 0.25) is 0 Å². The topological polar surface area (TPSA) is 69.4 Å². The van der Waals surface area contributed by atoms with E-state index in [2.05, 4.69) is 0 Å². The summed E-state index contributed by atoms with van der Waals surface area (Å²) in [6, 6.07) is 13.4. The lowest BCUT2D eigenvalue weighted by atomic mass is 9.97. The molecule has 0 bridgehead atoms. The molecule has 1 unspecified atom stereocenters. The molecule has 5 nitrogen and oxygen atoms in total. The Morgan fingerprint density at radius 1 is 1.10 bits per heavy atom. The summed E-state index contributed by atoms with van der Waals surface area (Å²) >= 11 is 0. The van der Waals surface area contributed by atoms with E-state index in [1.807, 2.05) is 24.3 Å². The molecule has 0 N–H and O–H groups in total. The first kappa shape index (κ1) is 13.1. The maximum Gasteiger partial charge on any atom is 0.269 e. The van der Waals surface area contributed by atoms with Gasteiger partial charge in [-0.1, -0.05) is 18.2 Å². The molecule has 0 spiro atoms. The number of nitro benzene ring substituents is 1. The highest BCUT2D eigenvalue weighted by molar-refractivity contribution is 5.85. The molecule has 21 heavy (non-hydrogen) atoms. The van der Waals surface area contributed by atoms with Crippen LogP contribution in [-0.4, -0.2) is 11.2 Å². The van der Waals surface area contributed by atoms with Crippen LogP contribution in [0.4, 0.5) is 5.69 Å². The lowest BCUT2D eigenvalue weighted by Gasteiger charge is -2.25. The van der Waals surface area contributed by atoms with Crippen molar-refractivity contribution in [3.63, 3.8) is 0 Å². The van der Waals surface area contributed by atoms with Gasteiger partial charge in [-0.2, -0.15) is 0 Å².